The molecule has 0 atom stereocenters. The molecule has 20 heavy (non-hydrogen) atoms. The topological polar surface area (TPSA) is 63.4 Å². The van der Waals surface area contributed by atoms with Crippen LogP contribution in [0.5, 0.6) is 0 Å². The summed E-state index contributed by atoms with van der Waals surface area (Å²) in [5, 5.41) is 0. The van der Waals surface area contributed by atoms with Crippen LogP contribution in [0.1, 0.15) is 36.0 Å². The zero-order valence-corrected chi connectivity index (χ0v) is 14.7. The molecule has 2 N–H and O–H groups in total. The molecule has 4 nitrogen and oxygen atoms in total. The Kier molecular flexibility index (Phi) is 5.42. The first-order valence-electron chi connectivity index (χ1n) is 6.53. The first kappa shape index (κ1) is 15.8. The molecule has 1 fully saturated rings. The van der Waals surface area contributed by atoms with E-state index in [0.717, 1.165) is 33.7 Å². The van der Waals surface area contributed by atoms with Crippen molar-refractivity contribution < 1.29 is 9.59 Å². The van der Waals surface area contributed by atoms with Gasteiger partial charge in [0, 0.05) is 14.1 Å². The van der Waals surface area contributed by atoms with Gasteiger partial charge in [-0.2, -0.15) is 0 Å². The van der Waals surface area contributed by atoms with E-state index >= 15 is 0 Å². The Labute approximate surface area is 140 Å². The molecule has 0 heterocycles. The summed E-state index contributed by atoms with van der Waals surface area (Å²) in [6.07, 6.45) is 4.09. The third-order valence-corrected chi connectivity index (χ3v) is 4.87. The van der Waals surface area contributed by atoms with Crippen molar-refractivity contribution in [2.24, 2.45) is 5.73 Å². The Morgan fingerprint density at radius 1 is 1.35 bits per heavy atom. The van der Waals surface area contributed by atoms with Crippen LogP contribution in [0.25, 0.3) is 0 Å². The second kappa shape index (κ2) is 6.89. The highest BCUT2D eigenvalue weighted by molar-refractivity contribution is 14.1. The fraction of sp³-hybridized carbons (Fsp3) is 0.429. The molecular weight excluding hydrogens is 435 g/mol. The van der Waals surface area contributed by atoms with Gasteiger partial charge >= 0.3 is 0 Å². The van der Waals surface area contributed by atoms with E-state index in [9.17, 15) is 9.59 Å². The molecule has 1 aromatic rings. The molecule has 0 bridgehead atoms. The normalized spacial score (nSPS) is 15.3. The maximum atomic E-state index is 12.7. The highest BCUT2D eigenvalue weighted by Gasteiger charge is 2.29. The summed E-state index contributed by atoms with van der Waals surface area (Å²) in [5.74, 6) is -0.590. The van der Waals surface area contributed by atoms with Gasteiger partial charge in [-0.15, -0.1) is 0 Å². The Morgan fingerprint density at radius 3 is 2.60 bits per heavy atom. The molecule has 1 aliphatic rings. The number of rotatable bonds is 4. The molecule has 2 amide bonds. The Hall–Kier alpha value is -0.630. The van der Waals surface area contributed by atoms with Crippen LogP contribution in [-0.4, -0.2) is 29.3 Å². The lowest BCUT2D eigenvalue weighted by atomic mass is 10.1. The number of primary amides is 1. The van der Waals surface area contributed by atoms with E-state index in [4.69, 9.17) is 5.73 Å². The lowest BCUT2D eigenvalue weighted by Gasteiger charge is -2.28. The van der Waals surface area contributed by atoms with Crippen molar-refractivity contribution in [1.29, 1.82) is 0 Å². The molecule has 0 aliphatic heterocycles. The van der Waals surface area contributed by atoms with Crippen LogP contribution in [0.15, 0.2) is 22.7 Å². The molecule has 0 unspecified atom stereocenters. The Morgan fingerprint density at radius 2 is 2.00 bits per heavy atom. The summed E-state index contributed by atoms with van der Waals surface area (Å²) in [5.41, 5.74) is 5.89. The second-order valence-corrected chi connectivity index (χ2v) is 7.06. The molecule has 1 saturated carbocycles. The van der Waals surface area contributed by atoms with Crippen molar-refractivity contribution in [2.75, 3.05) is 6.54 Å². The third-order valence-electron chi connectivity index (χ3n) is 3.51. The largest absolute Gasteiger partial charge is 0.368 e. The van der Waals surface area contributed by atoms with Gasteiger partial charge in [0.05, 0.1) is 12.1 Å². The van der Waals surface area contributed by atoms with Gasteiger partial charge in [-0.3, -0.25) is 9.59 Å². The number of hydrogen-bond donors (Lipinski definition) is 1. The van der Waals surface area contributed by atoms with Gasteiger partial charge < -0.3 is 10.6 Å². The second-order valence-electron chi connectivity index (χ2n) is 4.96. The van der Waals surface area contributed by atoms with Crippen molar-refractivity contribution in [2.45, 2.75) is 31.7 Å². The first-order valence-corrected chi connectivity index (χ1v) is 8.40. The minimum atomic E-state index is -0.466. The SMILES string of the molecule is NC(=O)CN(C(=O)c1cc(I)ccc1Br)C1CCCC1. The molecule has 0 radical (unpaired) electrons. The van der Waals surface area contributed by atoms with Gasteiger partial charge in [0.2, 0.25) is 5.91 Å². The Bertz CT molecular complexity index is 530. The van der Waals surface area contributed by atoms with E-state index in [1.54, 1.807) is 4.90 Å². The summed E-state index contributed by atoms with van der Waals surface area (Å²) in [4.78, 5) is 25.6. The average molecular weight is 451 g/mol. The van der Waals surface area contributed by atoms with Crippen molar-refractivity contribution in [3.63, 3.8) is 0 Å². The van der Waals surface area contributed by atoms with Gasteiger partial charge in [-0.1, -0.05) is 12.8 Å². The van der Waals surface area contributed by atoms with E-state index in [-0.39, 0.29) is 18.5 Å². The highest BCUT2D eigenvalue weighted by Crippen LogP contribution is 2.27. The summed E-state index contributed by atoms with van der Waals surface area (Å²) in [6.45, 7) is -0.0125. The molecule has 0 saturated heterocycles. The standard InChI is InChI=1S/C14H16BrIN2O2/c15-12-6-5-9(16)7-11(12)14(20)18(8-13(17)19)10-3-1-2-4-10/h5-7,10H,1-4,8H2,(H2,17,19). The molecular formula is C14H16BrIN2O2. The minimum Gasteiger partial charge on any atom is -0.368 e. The average Bonchev–Trinajstić information content (AvgIpc) is 2.91. The van der Waals surface area contributed by atoms with Gasteiger partial charge in [0.1, 0.15) is 0 Å². The van der Waals surface area contributed by atoms with Gasteiger partial charge in [-0.25, -0.2) is 0 Å². The van der Waals surface area contributed by atoms with Crippen LogP contribution in [0.2, 0.25) is 0 Å². The summed E-state index contributed by atoms with van der Waals surface area (Å²) < 4.78 is 1.73. The minimum absolute atomic E-state index is 0.0125. The van der Waals surface area contributed by atoms with E-state index in [2.05, 4.69) is 38.5 Å². The van der Waals surface area contributed by atoms with Crippen LogP contribution in [0.3, 0.4) is 0 Å². The van der Waals surface area contributed by atoms with Gasteiger partial charge in [0.25, 0.3) is 5.91 Å². The van der Waals surface area contributed by atoms with E-state index in [0.29, 0.717) is 5.56 Å². The smallest absolute Gasteiger partial charge is 0.255 e. The highest BCUT2D eigenvalue weighted by atomic mass is 127. The Balaban J connectivity index is 2.29. The molecule has 2 rings (SSSR count). The van der Waals surface area contributed by atoms with E-state index < -0.39 is 5.91 Å². The number of hydrogen-bond acceptors (Lipinski definition) is 2. The molecule has 108 valence electrons. The number of amides is 2. The maximum absolute atomic E-state index is 12.7. The van der Waals surface area contributed by atoms with Crippen LogP contribution >= 0.6 is 38.5 Å². The van der Waals surface area contributed by atoms with Crippen LogP contribution < -0.4 is 5.73 Å². The quantitative estimate of drug-likeness (QED) is 0.717. The zero-order valence-electron chi connectivity index (χ0n) is 10.9. The number of benzene rings is 1. The first-order chi connectivity index (χ1) is 9.49. The number of carbonyl (C=O) groups is 2. The number of nitrogens with zero attached hydrogens (tertiary/aromatic N) is 1. The maximum Gasteiger partial charge on any atom is 0.255 e. The lowest BCUT2D eigenvalue weighted by Crippen LogP contribution is -2.44. The van der Waals surface area contributed by atoms with Gasteiger partial charge in [0.15, 0.2) is 0 Å². The zero-order chi connectivity index (χ0) is 14.7. The van der Waals surface area contributed by atoms with Crippen molar-refractivity contribution >= 4 is 50.3 Å². The van der Waals surface area contributed by atoms with E-state index in [1.165, 1.54) is 0 Å². The fourth-order valence-corrected chi connectivity index (χ4v) is 3.47. The summed E-state index contributed by atoms with van der Waals surface area (Å²) in [7, 11) is 0. The lowest BCUT2D eigenvalue weighted by molar-refractivity contribution is -0.119. The molecule has 1 aromatic carbocycles. The third kappa shape index (κ3) is 3.72. The van der Waals surface area contributed by atoms with Crippen molar-refractivity contribution in [1.82, 2.24) is 4.90 Å². The van der Waals surface area contributed by atoms with Crippen LogP contribution in [0.4, 0.5) is 0 Å². The number of halogens is 2. The summed E-state index contributed by atoms with van der Waals surface area (Å²) in [6, 6.07) is 5.73. The van der Waals surface area contributed by atoms with Crippen LogP contribution in [0, 0.1) is 3.57 Å². The van der Waals surface area contributed by atoms with Crippen molar-refractivity contribution in [3.8, 4) is 0 Å². The molecule has 0 aromatic heterocycles. The van der Waals surface area contributed by atoms with Crippen LogP contribution in [-0.2, 0) is 4.79 Å². The molecule has 1 aliphatic carbocycles. The number of nitrogens with two attached hydrogens (primary N) is 1. The van der Waals surface area contributed by atoms with Gasteiger partial charge in [-0.05, 0) is 69.6 Å². The molecule has 0 spiro atoms. The predicted octanol–water partition coefficient (Wildman–Crippen LogP) is 2.92. The van der Waals surface area contributed by atoms with Crippen molar-refractivity contribution in [3.05, 3.63) is 31.8 Å². The van der Waals surface area contributed by atoms with E-state index in [1.807, 2.05) is 18.2 Å². The predicted molar refractivity (Wildman–Crippen MR) is 89.3 cm³/mol. The number of carbonyl (C=O) groups excluding carboxylic acids is 2. The summed E-state index contributed by atoms with van der Waals surface area (Å²) >= 11 is 5.58. The fourth-order valence-electron chi connectivity index (χ4n) is 2.57. The molecule has 6 heteroatoms. The monoisotopic (exact) mass is 450 g/mol.